The maximum Gasteiger partial charge on any atom is 0.251 e. The summed E-state index contributed by atoms with van der Waals surface area (Å²) in [5, 5.41) is 2.61. The van der Waals surface area contributed by atoms with Gasteiger partial charge in [0, 0.05) is 25.7 Å². The van der Waals surface area contributed by atoms with Crippen molar-refractivity contribution in [1.82, 2.24) is 9.62 Å². The summed E-state index contributed by atoms with van der Waals surface area (Å²) in [5.41, 5.74) is 1.30. The lowest BCUT2D eigenvalue weighted by molar-refractivity contribution is 0.0952. The van der Waals surface area contributed by atoms with E-state index in [1.807, 2.05) is 6.92 Å². The number of hydrogen-bond donors (Lipinski definition) is 1. The minimum absolute atomic E-state index is 0.128. The molecule has 0 radical (unpaired) electrons. The Morgan fingerprint density at radius 1 is 1.08 bits per heavy atom. The number of likely N-dealkylation sites (N-methyl/N-ethyl adjacent to an activating group) is 1. The van der Waals surface area contributed by atoms with Crippen LogP contribution in [0.4, 0.5) is 4.39 Å². The summed E-state index contributed by atoms with van der Waals surface area (Å²) in [6, 6.07) is 11.7. The van der Waals surface area contributed by atoms with E-state index in [0.29, 0.717) is 5.56 Å². The van der Waals surface area contributed by atoms with Gasteiger partial charge < -0.3 is 5.32 Å². The molecule has 2 aromatic carbocycles. The summed E-state index contributed by atoms with van der Waals surface area (Å²) >= 11 is 0. The molecule has 0 bridgehead atoms. The zero-order valence-electron chi connectivity index (χ0n) is 13.5. The van der Waals surface area contributed by atoms with E-state index in [1.54, 1.807) is 24.3 Å². The van der Waals surface area contributed by atoms with Gasteiger partial charge in [0.05, 0.1) is 4.90 Å². The SMILES string of the molecule is Cc1ccc(S(=O)(=O)N(C)CCNC(=O)c2ccc(F)cc2)cc1. The summed E-state index contributed by atoms with van der Waals surface area (Å²) in [7, 11) is -2.13. The number of rotatable bonds is 6. The van der Waals surface area contributed by atoms with Gasteiger partial charge in [-0.15, -0.1) is 0 Å². The van der Waals surface area contributed by atoms with Crippen LogP contribution >= 0.6 is 0 Å². The Morgan fingerprint density at radius 2 is 1.67 bits per heavy atom. The lowest BCUT2D eigenvalue weighted by Crippen LogP contribution is -2.36. The first-order valence-electron chi connectivity index (χ1n) is 7.37. The van der Waals surface area contributed by atoms with Gasteiger partial charge in [-0.05, 0) is 43.3 Å². The largest absolute Gasteiger partial charge is 0.351 e. The number of carbonyl (C=O) groups excluding carboxylic acids is 1. The van der Waals surface area contributed by atoms with Crippen LogP contribution in [0.2, 0.25) is 0 Å². The molecule has 0 saturated carbocycles. The highest BCUT2D eigenvalue weighted by Crippen LogP contribution is 2.14. The highest BCUT2D eigenvalue weighted by atomic mass is 32.2. The van der Waals surface area contributed by atoms with Crippen LogP contribution in [0.15, 0.2) is 53.4 Å². The third kappa shape index (κ3) is 4.39. The standard InChI is InChI=1S/C17H19FN2O3S/c1-13-3-9-16(10-4-13)24(22,23)20(2)12-11-19-17(21)14-5-7-15(18)8-6-14/h3-10H,11-12H2,1-2H3,(H,19,21). The van der Waals surface area contributed by atoms with Crippen molar-refractivity contribution >= 4 is 15.9 Å². The van der Waals surface area contributed by atoms with Crippen LogP contribution in [-0.2, 0) is 10.0 Å². The number of hydrogen-bond acceptors (Lipinski definition) is 3. The van der Waals surface area contributed by atoms with Crippen molar-refractivity contribution in [2.45, 2.75) is 11.8 Å². The van der Waals surface area contributed by atoms with E-state index in [0.717, 1.165) is 5.56 Å². The normalized spacial score (nSPS) is 11.5. The fourth-order valence-corrected chi connectivity index (χ4v) is 3.21. The maximum atomic E-state index is 12.8. The molecule has 24 heavy (non-hydrogen) atoms. The summed E-state index contributed by atoms with van der Waals surface area (Å²) in [4.78, 5) is 12.1. The van der Waals surface area contributed by atoms with Crippen LogP contribution in [0.1, 0.15) is 15.9 Å². The van der Waals surface area contributed by atoms with Gasteiger partial charge in [0.2, 0.25) is 10.0 Å². The molecule has 0 atom stereocenters. The first-order chi connectivity index (χ1) is 11.3. The number of halogens is 1. The summed E-state index contributed by atoms with van der Waals surface area (Å²) in [6.07, 6.45) is 0. The summed E-state index contributed by atoms with van der Waals surface area (Å²) in [6.45, 7) is 2.16. The van der Waals surface area contributed by atoms with Crippen molar-refractivity contribution in [3.05, 3.63) is 65.5 Å². The van der Waals surface area contributed by atoms with E-state index >= 15 is 0 Å². The maximum absolute atomic E-state index is 12.8. The van der Waals surface area contributed by atoms with Gasteiger partial charge in [0.25, 0.3) is 5.91 Å². The second-order valence-electron chi connectivity index (χ2n) is 5.40. The first-order valence-corrected chi connectivity index (χ1v) is 8.81. The Bertz CT molecular complexity index is 803. The average Bonchev–Trinajstić information content (AvgIpc) is 2.55. The van der Waals surface area contributed by atoms with E-state index in [9.17, 15) is 17.6 Å². The van der Waals surface area contributed by atoms with Crippen molar-refractivity contribution in [3.8, 4) is 0 Å². The zero-order valence-corrected chi connectivity index (χ0v) is 14.3. The monoisotopic (exact) mass is 350 g/mol. The van der Waals surface area contributed by atoms with Gasteiger partial charge in [0.1, 0.15) is 5.82 Å². The van der Waals surface area contributed by atoms with Crippen molar-refractivity contribution in [3.63, 3.8) is 0 Å². The predicted octanol–water partition coefficient (Wildman–Crippen LogP) is 2.18. The molecule has 2 aromatic rings. The molecule has 128 valence electrons. The van der Waals surface area contributed by atoms with E-state index in [2.05, 4.69) is 5.32 Å². The van der Waals surface area contributed by atoms with Crippen LogP contribution in [0, 0.1) is 12.7 Å². The van der Waals surface area contributed by atoms with Gasteiger partial charge in [-0.25, -0.2) is 12.8 Å². The Labute approximate surface area is 141 Å². The number of nitrogens with zero attached hydrogens (tertiary/aromatic N) is 1. The molecular weight excluding hydrogens is 331 g/mol. The van der Waals surface area contributed by atoms with Gasteiger partial charge in [-0.1, -0.05) is 17.7 Å². The minimum Gasteiger partial charge on any atom is -0.351 e. The smallest absolute Gasteiger partial charge is 0.251 e. The Morgan fingerprint density at radius 3 is 2.25 bits per heavy atom. The number of sulfonamides is 1. The van der Waals surface area contributed by atoms with Crippen molar-refractivity contribution in [2.75, 3.05) is 20.1 Å². The van der Waals surface area contributed by atoms with Crippen LogP contribution in [0.5, 0.6) is 0 Å². The molecule has 0 aliphatic heterocycles. The molecule has 7 heteroatoms. The number of nitrogens with one attached hydrogen (secondary N) is 1. The molecule has 0 fully saturated rings. The minimum atomic E-state index is -3.59. The second-order valence-corrected chi connectivity index (χ2v) is 7.45. The third-order valence-corrected chi connectivity index (χ3v) is 5.42. The van der Waals surface area contributed by atoms with Crippen molar-refractivity contribution < 1.29 is 17.6 Å². The highest BCUT2D eigenvalue weighted by molar-refractivity contribution is 7.89. The predicted molar refractivity (Wildman–Crippen MR) is 89.7 cm³/mol. The van der Waals surface area contributed by atoms with Gasteiger partial charge in [-0.2, -0.15) is 4.31 Å². The number of benzene rings is 2. The molecular formula is C17H19FN2O3S. The molecule has 2 rings (SSSR count). The van der Waals surface area contributed by atoms with Crippen molar-refractivity contribution in [1.29, 1.82) is 0 Å². The van der Waals surface area contributed by atoms with E-state index in [4.69, 9.17) is 0 Å². The van der Waals surface area contributed by atoms with E-state index in [1.165, 1.54) is 35.6 Å². The second kappa shape index (κ2) is 7.55. The molecule has 1 N–H and O–H groups in total. The Hall–Kier alpha value is -2.25. The van der Waals surface area contributed by atoms with E-state index in [-0.39, 0.29) is 23.9 Å². The molecule has 0 aliphatic rings. The average molecular weight is 350 g/mol. The number of aryl methyl sites for hydroxylation is 1. The Balaban J connectivity index is 1.92. The molecule has 0 unspecified atom stereocenters. The topological polar surface area (TPSA) is 66.5 Å². The lowest BCUT2D eigenvalue weighted by Gasteiger charge is -2.17. The van der Waals surface area contributed by atoms with Gasteiger partial charge in [-0.3, -0.25) is 4.79 Å². The van der Waals surface area contributed by atoms with Gasteiger partial charge in [0.15, 0.2) is 0 Å². The number of amides is 1. The fourth-order valence-electron chi connectivity index (χ4n) is 2.04. The summed E-state index contributed by atoms with van der Waals surface area (Å²) < 4.78 is 38.8. The van der Waals surface area contributed by atoms with Crippen LogP contribution in [0.25, 0.3) is 0 Å². The number of carbonyl (C=O) groups is 1. The molecule has 0 heterocycles. The van der Waals surface area contributed by atoms with Crippen LogP contribution in [0.3, 0.4) is 0 Å². The van der Waals surface area contributed by atoms with Crippen LogP contribution < -0.4 is 5.32 Å². The third-order valence-electron chi connectivity index (χ3n) is 3.55. The lowest BCUT2D eigenvalue weighted by atomic mass is 10.2. The fraction of sp³-hybridized carbons (Fsp3) is 0.235. The summed E-state index contributed by atoms with van der Waals surface area (Å²) in [5.74, 6) is -0.799. The van der Waals surface area contributed by atoms with Crippen LogP contribution in [-0.4, -0.2) is 38.8 Å². The molecule has 0 aliphatic carbocycles. The quantitative estimate of drug-likeness (QED) is 0.868. The zero-order chi connectivity index (χ0) is 17.7. The van der Waals surface area contributed by atoms with E-state index < -0.39 is 15.8 Å². The van der Waals surface area contributed by atoms with Gasteiger partial charge >= 0.3 is 0 Å². The van der Waals surface area contributed by atoms with Crippen molar-refractivity contribution in [2.24, 2.45) is 0 Å². The molecule has 1 amide bonds. The molecule has 0 saturated heterocycles. The molecule has 0 spiro atoms. The Kier molecular flexibility index (Phi) is 5.69. The highest BCUT2D eigenvalue weighted by Gasteiger charge is 2.20. The molecule has 5 nitrogen and oxygen atoms in total. The molecule has 0 aromatic heterocycles. The first kappa shape index (κ1) is 18.1.